The summed E-state index contributed by atoms with van der Waals surface area (Å²) in [5.41, 5.74) is 0. The molecule has 2 heterocycles. The average Bonchev–Trinajstić information content (AvgIpc) is 2.45. The lowest BCUT2D eigenvalue weighted by Gasteiger charge is -2.34. The molecule has 1 N–H and O–H groups in total. The van der Waals surface area contributed by atoms with E-state index in [2.05, 4.69) is 34.0 Å². The molecule has 112 valence electrons. The molecular weight excluding hydrogens is 250 g/mol. The molecule has 0 amide bonds. The topological polar surface area (TPSA) is 44.3 Å². The Kier molecular flexibility index (Phi) is 5.17. The predicted molar refractivity (Wildman–Crippen MR) is 84.4 cm³/mol. The number of nitrogens with zero attached hydrogens (tertiary/aromatic N) is 4. The zero-order chi connectivity index (χ0) is 14.5. The first-order valence-corrected chi connectivity index (χ1v) is 7.55. The van der Waals surface area contributed by atoms with Gasteiger partial charge in [0.2, 0.25) is 5.95 Å². The minimum absolute atomic E-state index is 0.560. The van der Waals surface area contributed by atoms with E-state index < -0.39 is 0 Å². The fourth-order valence-electron chi connectivity index (χ4n) is 2.57. The summed E-state index contributed by atoms with van der Waals surface area (Å²) in [6.07, 6.45) is 4.40. The highest BCUT2D eigenvalue weighted by molar-refractivity contribution is 5.43. The third-order valence-electron chi connectivity index (χ3n) is 3.69. The Labute approximate surface area is 122 Å². The predicted octanol–water partition coefficient (Wildman–Crippen LogP) is 1.76. The molecule has 5 nitrogen and oxygen atoms in total. The van der Waals surface area contributed by atoms with Crippen molar-refractivity contribution in [2.24, 2.45) is 5.92 Å². The van der Waals surface area contributed by atoms with Gasteiger partial charge in [0.1, 0.15) is 5.82 Å². The zero-order valence-electron chi connectivity index (χ0n) is 13.1. The fourth-order valence-corrected chi connectivity index (χ4v) is 2.57. The van der Waals surface area contributed by atoms with Crippen LogP contribution in [0.2, 0.25) is 0 Å². The second-order valence-electron chi connectivity index (χ2n) is 6.13. The number of aromatic nitrogens is 2. The van der Waals surface area contributed by atoms with E-state index in [1.165, 1.54) is 12.8 Å². The van der Waals surface area contributed by atoms with Gasteiger partial charge in [0, 0.05) is 39.4 Å². The highest BCUT2D eigenvalue weighted by atomic mass is 15.3. The van der Waals surface area contributed by atoms with Crippen LogP contribution >= 0.6 is 0 Å². The highest BCUT2D eigenvalue weighted by Gasteiger charge is 2.21. The molecule has 0 aromatic carbocycles. The normalized spacial score (nSPS) is 19.4. The molecule has 1 aromatic heterocycles. The van der Waals surface area contributed by atoms with Crippen molar-refractivity contribution in [3.63, 3.8) is 0 Å². The van der Waals surface area contributed by atoms with Crippen molar-refractivity contribution in [2.45, 2.75) is 32.7 Å². The summed E-state index contributed by atoms with van der Waals surface area (Å²) >= 11 is 0. The summed E-state index contributed by atoms with van der Waals surface area (Å²) < 4.78 is 0. The summed E-state index contributed by atoms with van der Waals surface area (Å²) in [5, 5.41) is 3.55. The van der Waals surface area contributed by atoms with Gasteiger partial charge in [0.15, 0.2) is 0 Å². The van der Waals surface area contributed by atoms with Gasteiger partial charge in [-0.05, 0) is 31.4 Å². The van der Waals surface area contributed by atoms with Crippen LogP contribution in [0.1, 0.15) is 26.7 Å². The van der Waals surface area contributed by atoms with Crippen LogP contribution in [-0.2, 0) is 0 Å². The summed E-state index contributed by atoms with van der Waals surface area (Å²) in [6.45, 7) is 7.69. The third-order valence-corrected chi connectivity index (χ3v) is 3.69. The Morgan fingerprint density at radius 2 is 2.25 bits per heavy atom. The van der Waals surface area contributed by atoms with Gasteiger partial charge in [-0.1, -0.05) is 13.8 Å². The Hall–Kier alpha value is -1.36. The van der Waals surface area contributed by atoms with E-state index in [9.17, 15) is 0 Å². The Balaban J connectivity index is 1.99. The minimum atomic E-state index is 0.560. The molecule has 1 aliphatic heterocycles. The quantitative estimate of drug-likeness (QED) is 0.888. The molecule has 1 saturated heterocycles. The van der Waals surface area contributed by atoms with Crippen molar-refractivity contribution in [3.8, 4) is 0 Å². The van der Waals surface area contributed by atoms with E-state index in [4.69, 9.17) is 0 Å². The van der Waals surface area contributed by atoms with Crippen LogP contribution < -0.4 is 15.1 Å². The average molecular weight is 277 g/mol. The van der Waals surface area contributed by atoms with E-state index in [1.54, 1.807) is 0 Å². The molecule has 2 rings (SSSR count). The largest absolute Gasteiger partial charge is 0.356 e. The molecule has 5 heteroatoms. The van der Waals surface area contributed by atoms with Crippen LogP contribution in [0.25, 0.3) is 0 Å². The SMILES string of the molecule is CC(C)NCC1CCCN(c2ccnc(N(C)C)n2)C1. The number of anilines is 2. The smallest absolute Gasteiger partial charge is 0.226 e. The van der Waals surface area contributed by atoms with Crippen molar-refractivity contribution in [2.75, 3.05) is 43.5 Å². The number of hydrogen-bond acceptors (Lipinski definition) is 5. The van der Waals surface area contributed by atoms with Crippen molar-refractivity contribution in [1.82, 2.24) is 15.3 Å². The lowest BCUT2D eigenvalue weighted by Crippen LogP contribution is -2.41. The van der Waals surface area contributed by atoms with Crippen LogP contribution in [-0.4, -0.2) is 49.7 Å². The molecule has 1 unspecified atom stereocenters. The van der Waals surface area contributed by atoms with Gasteiger partial charge in [-0.15, -0.1) is 0 Å². The van der Waals surface area contributed by atoms with Gasteiger partial charge < -0.3 is 15.1 Å². The fraction of sp³-hybridized carbons (Fsp3) is 0.733. The van der Waals surface area contributed by atoms with Crippen molar-refractivity contribution < 1.29 is 0 Å². The maximum absolute atomic E-state index is 4.65. The Bertz CT molecular complexity index is 418. The van der Waals surface area contributed by atoms with Gasteiger partial charge in [0.05, 0.1) is 0 Å². The van der Waals surface area contributed by atoms with E-state index in [0.717, 1.165) is 31.4 Å². The first kappa shape index (κ1) is 15.0. The van der Waals surface area contributed by atoms with Crippen LogP contribution in [0.4, 0.5) is 11.8 Å². The number of nitrogens with one attached hydrogen (secondary N) is 1. The molecular formula is C15H27N5. The number of piperidine rings is 1. The first-order valence-electron chi connectivity index (χ1n) is 7.55. The summed E-state index contributed by atoms with van der Waals surface area (Å²) in [5.74, 6) is 2.55. The molecule has 20 heavy (non-hydrogen) atoms. The van der Waals surface area contributed by atoms with Crippen molar-refractivity contribution >= 4 is 11.8 Å². The molecule has 0 saturated carbocycles. The molecule has 0 aliphatic carbocycles. The lowest BCUT2D eigenvalue weighted by atomic mass is 9.98. The monoisotopic (exact) mass is 277 g/mol. The molecule has 1 atom stereocenters. The van der Waals surface area contributed by atoms with Crippen LogP contribution in [0.15, 0.2) is 12.3 Å². The second-order valence-corrected chi connectivity index (χ2v) is 6.13. The summed E-state index contributed by atoms with van der Waals surface area (Å²) in [7, 11) is 3.95. The standard InChI is InChI=1S/C15H27N5/c1-12(2)17-10-13-6-5-9-20(11-13)14-7-8-16-15(18-14)19(3)4/h7-8,12-13,17H,5-6,9-11H2,1-4H3. The van der Waals surface area contributed by atoms with E-state index in [-0.39, 0.29) is 0 Å². The Morgan fingerprint density at radius 3 is 2.95 bits per heavy atom. The van der Waals surface area contributed by atoms with Crippen molar-refractivity contribution in [3.05, 3.63) is 12.3 Å². The minimum Gasteiger partial charge on any atom is -0.356 e. The van der Waals surface area contributed by atoms with Gasteiger partial charge in [0.25, 0.3) is 0 Å². The molecule has 0 bridgehead atoms. The lowest BCUT2D eigenvalue weighted by molar-refractivity contribution is 0.378. The van der Waals surface area contributed by atoms with Gasteiger partial charge >= 0.3 is 0 Å². The van der Waals surface area contributed by atoms with E-state index >= 15 is 0 Å². The third kappa shape index (κ3) is 4.07. The van der Waals surface area contributed by atoms with Crippen LogP contribution in [0.3, 0.4) is 0 Å². The van der Waals surface area contributed by atoms with E-state index in [1.807, 2.05) is 31.3 Å². The summed E-state index contributed by atoms with van der Waals surface area (Å²) in [4.78, 5) is 13.3. The van der Waals surface area contributed by atoms with Crippen LogP contribution in [0, 0.1) is 5.92 Å². The van der Waals surface area contributed by atoms with E-state index in [0.29, 0.717) is 12.0 Å². The number of hydrogen-bond donors (Lipinski definition) is 1. The first-order chi connectivity index (χ1) is 9.56. The maximum atomic E-state index is 4.65. The molecule has 0 radical (unpaired) electrons. The zero-order valence-corrected chi connectivity index (χ0v) is 13.1. The van der Waals surface area contributed by atoms with Gasteiger partial charge in [-0.3, -0.25) is 0 Å². The summed E-state index contributed by atoms with van der Waals surface area (Å²) in [6, 6.07) is 2.58. The molecule has 1 aromatic rings. The Morgan fingerprint density at radius 1 is 1.45 bits per heavy atom. The number of rotatable bonds is 5. The molecule has 0 spiro atoms. The molecule has 1 fully saturated rings. The highest BCUT2D eigenvalue weighted by Crippen LogP contribution is 2.22. The van der Waals surface area contributed by atoms with Gasteiger partial charge in [-0.2, -0.15) is 4.98 Å². The van der Waals surface area contributed by atoms with Gasteiger partial charge in [-0.25, -0.2) is 4.98 Å². The molecule has 1 aliphatic rings. The maximum Gasteiger partial charge on any atom is 0.226 e. The van der Waals surface area contributed by atoms with Crippen molar-refractivity contribution in [1.29, 1.82) is 0 Å². The van der Waals surface area contributed by atoms with Crippen LogP contribution in [0.5, 0.6) is 0 Å². The second kappa shape index (κ2) is 6.88.